The molecule has 0 radical (unpaired) electrons. The first kappa shape index (κ1) is 48.1. The van der Waals surface area contributed by atoms with Gasteiger partial charge >= 0.3 is 17.1 Å². The zero-order valence-electron chi connectivity index (χ0n) is 41.7. The molecule has 0 amide bonds. The Kier molecular flexibility index (Phi) is 15.2. The van der Waals surface area contributed by atoms with Crippen LogP contribution in [-0.2, 0) is 19.6 Å². The Morgan fingerprint density at radius 3 is 0.681 bits per heavy atom. The molecule has 3 aromatic carbocycles. The Bertz CT molecular complexity index is 2290. The van der Waals surface area contributed by atoms with Crippen LogP contribution < -0.4 is 17.1 Å². The van der Waals surface area contributed by atoms with Crippen molar-refractivity contribution >= 4 is 0 Å². The highest BCUT2D eigenvalue weighted by Gasteiger charge is 2.34. The van der Waals surface area contributed by atoms with Gasteiger partial charge in [-0.3, -0.25) is 0 Å². The molecule has 6 saturated carbocycles. The molecule has 9 heteroatoms. The first-order valence-electron chi connectivity index (χ1n) is 28.2. The summed E-state index contributed by atoms with van der Waals surface area (Å²) < 4.78 is 4.03. The lowest BCUT2D eigenvalue weighted by molar-refractivity contribution is 0.392. The second kappa shape index (κ2) is 21.9. The van der Waals surface area contributed by atoms with Crippen LogP contribution in [0.15, 0.2) is 50.8 Å². The quantitative estimate of drug-likeness (QED) is 0.130. The minimum absolute atomic E-state index is 0.0144. The zero-order valence-corrected chi connectivity index (χ0v) is 41.7. The van der Waals surface area contributed by atoms with E-state index in [2.05, 4.69) is 0 Å². The minimum Gasteiger partial charge on any atom is -0.508 e. The van der Waals surface area contributed by atoms with E-state index in [9.17, 15) is 15.3 Å². The van der Waals surface area contributed by atoms with Gasteiger partial charge in [-0.2, -0.15) is 0 Å². The van der Waals surface area contributed by atoms with E-state index in [1.165, 1.54) is 52.2 Å². The van der Waals surface area contributed by atoms with E-state index in [0.717, 1.165) is 204 Å². The van der Waals surface area contributed by atoms with E-state index in [0.29, 0.717) is 17.2 Å². The lowest BCUT2D eigenvalue weighted by atomic mass is 9.74. The number of aromatic hydroxyl groups is 3. The van der Waals surface area contributed by atoms with Crippen molar-refractivity contribution < 1.29 is 15.3 Å². The lowest BCUT2D eigenvalue weighted by Gasteiger charge is -2.33. The molecule has 3 N–H and O–H groups in total. The van der Waals surface area contributed by atoms with Crippen LogP contribution in [0.1, 0.15) is 278 Å². The van der Waals surface area contributed by atoms with Gasteiger partial charge in [0.2, 0.25) is 0 Å². The number of rotatable bonds is 12. The van der Waals surface area contributed by atoms with Crippen LogP contribution in [0.4, 0.5) is 0 Å². The third-order valence-corrected chi connectivity index (χ3v) is 18.5. The Labute approximate surface area is 410 Å². The SMILES string of the molecule is O=c1n(Cc2ccc(O)c(C3CCCCC3)c2C2CCCCC2)c(=O)n(Cc2ccc(O)c(C3CCCCC3)c2C2CCCCC2)c(=O)n1Cc1ccc(O)c(C2CCCCC2)c1C1CCCCC1. The van der Waals surface area contributed by atoms with Gasteiger partial charge in [0.05, 0.1) is 19.6 Å². The zero-order chi connectivity index (χ0) is 47.4. The van der Waals surface area contributed by atoms with Crippen molar-refractivity contribution in [2.45, 2.75) is 248 Å². The number of phenolic OH excluding ortho intramolecular Hbond substituents is 3. The van der Waals surface area contributed by atoms with Crippen molar-refractivity contribution in [3.05, 3.63) is 118 Å². The van der Waals surface area contributed by atoms with E-state index in [4.69, 9.17) is 0 Å². The van der Waals surface area contributed by atoms with Gasteiger partial charge < -0.3 is 15.3 Å². The summed E-state index contributed by atoms with van der Waals surface area (Å²) in [6.07, 6.45) is 32.7. The van der Waals surface area contributed by atoms with Crippen LogP contribution in [0.2, 0.25) is 0 Å². The van der Waals surface area contributed by atoms with Crippen LogP contribution in [0, 0.1) is 0 Å². The summed E-state index contributed by atoms with van der Waals surface area (Å²) in [6.45, 7) is 0.0433. The highest BCUT2D eigenvalue weighted by molar-refractivity contribution is 5.52. The summed E-state index contributed by atoms with van der Waals surface area (Å²) in [5.74, 6) is 2.35. The number of aromatic nitrogens is 3. The van der Waals surface area contributed by atoms with Crippen molar-refractivity contribution in [1.82, 2.24) is 13.7 Å². The van der Waals surface area contributed by atoms with Crippen molar-refractivity contribution in [3.8, 4) is 17.2 Å². The molecule has 0 aliphatic heterocycles. The maximum absolute atomic E-state index is 15.5. The molecule has 6 aliphatic rings. The van der Waals surface area contributed by atoms with E-state index >= 15 is 14.4 Å². The van der Waals surface area contributed by atoms with Crippen LogP contribution in [0.3, 0.4) is 0 Å². The molecule has 1 heterocycles. The molecule has 9 nitrogen and oxygen atoms in total. The maximum Gasteiger partial charge on any atom is 0.336 e. The van der Waals surface area contributed by atoms with Crippen LogP contribution >= 0.6 is 0 Å². The van der Waals surface area contributed by atoms with Crippen molar-refractivity contribution in [2.24, 2.45) is 0 Å². The average Bonchev–Trinajstić information content (AvgIpc) is 3.40. The normalized spacial score (nSPS) is 21.2. The van der Waals surface area contributed by atoms with Crippen molar-refractivity contribution in [1.29, 1.82) is 0 Å². The number of phenols is 3. The standard InChI is InChI=1S/C60H81N3O6/c64-49-34-31-46(52(40-19-7-1-8-20-40)55(49)43-25-13-4-14-26-43)37-61-58(67)62(38-47-32-35-50(65)56(44-27-15-5-16-28-44)53(47)41-21-9-2-10-22-41)60(69)63(59(61)68)39-48-33-36-51(66)57(45-29-17-6-18-30-45)54(48)42-23-11-3-12-24-42/h31-36,40-45,64-66H,1-30,37-39H2. The van der Waals surface area contributed by atoms with E-state index in [1.807, 2.05) is 18.2 Å². The van der Waals surface area contributed by atoms with E-state index in [-0.39, 0.29) is 55.1 Å². The van der Waals surface area contributed by atoms with Crippen molar-refractivity contribution in [2.75, 3.05) is 0 Å². The molecular weight excluding hydrogens is 859 g/mol. The molecule has 372 valence electrons. The van der Waals surface area contributed by atoms with Crippen LogP contribution in [0.5, 0.6) is 17.2 Å². The molecule has 6 fully saturated rings. The number of nitrogens with zero attached hydrogens (tertiary/aromatic N) is 3. The molecule has 0 spiro atoms. The summed E-state index contributed by atoms with van der Waals surface area (Å²) in [4.78, 5) is 46.5. The number of benzene rings is 3. The second-order valence-electron chi connectivity index (χ2n) is 22.8. The second-order valence-corrected chi connectivity index (χ2v) is 22.8. The molecule has 6 aliphatic carbocycles. The fraction of sp³-hybridized carbons (Fsp3) is 0.650. The Morgan fingerprint density at radius 2 is 0.478 bits per heavy atom. The van der Waals surface area contributed by atoms with Gasteiger partial charge in [-0.1, -0.05) is 134 Å². The Balaban J connectivity index is 1.16. The highest BCUT2D eigenvalue weighted by Crippen LogP contribution is 2.49. The maximum atomic E-state index is 15.5. The fourth-order valence-corrected chi connectivity index (χ4v) is 15.1. The third kappa shape index (κ3) is 10.1. The first-order chi connectivity index (χ1) is 33.8. The Morgan fingerprint density at radius 1 is 0.290 bits per heavy atom. The Hall–Kier alpha value is -4.53. The fourth-order valence-electron chi connectivity index (χ4n) is 15.1. The molecule has 1 aromatic heterocycles. The minimum atomic E-state index is -0.605. The number of hydrogen-bond acceptors (Lipinski definition) is 6. The predicted molar refractivity (Wildman–Crippen MR) is 276 cm³/mol. The predicted octanol–water partition coefficient (Wildman–Crippen LogP) is 13.7. The molecule has 0 saturated heterocycles. The summed E-state index contributed by atoms with van der Waals surface area (Å²) >= 11 is 0. The monoisotopic (exact) mass is 940 g/mol. The summed E-state index contributed by atoms with van der Waals surface area (Å²) in [5, 5.41) is 35.3. The van der Waals surface area contributed by atoms with Crippen LogP contribution in [-0.4, -0.2) is 29.0 Å². The molecule has 10 rings (SSSR count). The molecule has 0 unspecified atom stereocenters. The van der Waals surface area contributed by atoms with Gasteiger partial charge in [0, 0.05) is 16.7 Å². The summed E-state index contributed by atoms with van der Waals surface area (Å²) in [7, 11) is 0. The topological polar surface area (TPSA) is 127 Å². The van der Waals surface area contributed by atoms with Gasteiger partial charge in [0.25, 0.3) is 0 Å². The smallest absolute Gasteiger partial charge is 0.336 e. The molecular formula is C60H81N3O6. The largest absolute Gasteiger partial charge is 0.508 e. The molecule has 0 bridgehead atoms. The van der Waals surface area contributed by atoms with Gasteiger partial charge in [0.15, 0.2) is 0 Å². The number of hydrogen-bond donors (Lipinski definition) is 3. The van der Waals surface area contributed by atoms with E-state index in [1.54, 1.807) is 18.2 Å². The molecule has 69 heavy (non-hydrogen) atoms. The lowest BCUT2D eigenvalue weighted by Crippen LogP contribution is -2.55. The summed E-state index contributed by atoms with van der Waals surface area (Å²) in [5.41, 5.74) is 7.33. The molecule has 4 aromatic rings. The third-order valence-electron chi connectivity index (χ3n) is 18.5. The average molecular weight is 940 g/mol. The van der Waals surface area contributed by atoms with Gasteiger partial charge in [0.1, 0.15) is 17.2 Å². The van der Waals surface area contributed by atoms with Crippen LogP contribution in [0.25, 0.3) is 0 Å². The van der Waals surface area contributed by atoms with Crippen molar-refractivity contribution in [3.63, 3.8) is 0 Å². The highest BCUT2D eigenvalue weighted by atomic mass is 16.3. The van der Waals surface area contributed by atoms with E-state index < -0.39 is 17.1 Å². The summed E-state index contributed by atoms with van der Waals surface area (Å²) in [6, 6.07) is 11.2. The first-order valence-corrected chi connectivity index (χ1v) is 28.2. The van der Waals surface area contributed by atoms with Gasteiger partial charge in [-0.15, -0.1) is 0 Å². The molecule has 0 atom stereocenters. The van der Waals surface area contributed by atoms with Gasteiger partial charge in [-0.25, -0.2) is 28.1 Å². The van der Waals surface area contributed by atoms with Gasteiger partial charge in [-0.05, 0) is 164 Å².